The summed E-state index contributed by atoms with van der Waals surface area (Å²) in [6.07, 6.45) is -1.32. The van der Waals surface area contributed by atoms with Crippen LogP contribution in [0.2, 0.25) is 0 Å². The van der Waals surface area contributed by atoms with E-state index < -0.39 is 18.0 Å². The number of hydrogen-bond donors (Lipinski definition) is 4. The zero-order valence-electron chi connectivity index (χ0n) is 15.1. The molecule has 0 aliphatic carbocycles. The predicted octanol–water partition coefficient (Wildman–Crippen LogP) is 0.667. The van der Waals surface area contributed by atoms with Gasteiger partial charge >= 0.3 is 6.09 Å². The first-order valence-electron chi connectivity index (χ1n) is 8.48. The SMILES string of the molecule is COCCOCCOCCNC(=O)C(NC(=O)O)c1nc2ccccc2[nH]1. The number of H-pyrrole nitrogens is 1. The monoisotopic (exact) mass is 380 g/mol. The number of nitrogens with zero attached hydrogens (tertiary/aromatic N) is 1. The Morgan fingerprint density at radius 3 is 2.56 bits per heavy atom. The molecule has 0 fully saturated rings. The molecule has 2 amide bonds. The van der Waals surface area contributed by atoms with Gasteiger partial charge in [-0.1, -0.05) is 12.1 Å². The number of para-hydroxylation sites is 2. The maximum atomic E-state index is 12.4. The third kappa shape index (κ3) is 6.85. The molecule has 27 heavy (non-hydrogen) atoms. The lowest BCUT2D eigenvalue weighted by molar-refractivity contribution is -0.123. The number of carbonyl (C=O) groups is 2. The minimum absolute atomic E-state index is 0.226. The number of fused-ring (bicyclic) bond motifs is 1. The van der Waals surface area contributed by atoms with Crippen LogP contribution >= 0.6 is 0 Å². The molecule has 0 aliphatic heterocycles. The van der Waals surface area contributed by atoms with E-state index in [4.69, 9.17) is 19.3 Å². The van der Waals surface area contributed by atoms with E-state index in [0.717, 1.165) is 0 Å². The van der Waals surface area contributed by atoms with Gasteiger partial charge in [-0.25, -0.2) is 9.78 Å². The van der Waals surface area contributed by atoms with Crippen molar-refractivity contribution >= 4 is 23.0 Å². The zero-order valence-corrected chi connectivity index (χ0v) is 15.1. The topological polar surface area (TPSA) is 135 Å². The van der Waals surface area contributed by atoms with Crippen molar-refractivity contribution in [2.45, 2.75) is 6.04 Å². The molecule has 1 heterocycles. The molecule has 10 heteroatoms. The van der Waals surface area contributed by atoms with Crippen molar-refractivity contribution < 1.29 is 28.9 Å². The van der Waals surface area contributed by atoms with Crippen LogP contribution in [0.4, 0.5) is 4.79 Å². The highest BCUT2D eigenvalue weighted by molar-refractivity contribution is 5.87. The molecule has 4 N–H and O–H groups in total. The summed E-state index contributed by atoms with van der Waals surface area (Å²) in [6, 6.07) is 6.05. The van der Waals surface area contributed by atoms with Gasteiger partial charge in [0.1, 0.15) is 5.82 Å². The third-order valence-corrected chi connectivity index (χ3v) is 3.56. The molecule has 1 aromatic heterocycles. The Bertz CT molecular complexity index is 702. The van der Waals surface area contributed by atoms with Crippen LogP contribution in [0.3, 0.4) is 0 Å². The van der Waals surface area contributed by atoms with E-state index in [1.807, 2.05) is 12.1 Å². The molecule has 0 spiro atoms. The van der Waals surface area contributed by atoms with Gasteiger partial charge < -0.3 is 34.9 Å². The van der Waals surface area contributed by atoms with Gasteiger partial charge in [0.15, 0.2) is 6.04 Å². The molecule has 0 saturated heterocycles. The molecule has 148 valence electrons. The molecule has 1 atom stereocenters. The number of nitrogens with one attached hydrogen (secondary N) is 3. The lowest BCUT2D eigenvalue weighted by atomic mass is 10.2. The van der Waals surface area contributed by atoms with Gasteiger partial charge in [-0.15, -0.1) is 0 Å². The van der Waals surface area contributed by atoms with Crippen LogP contribution in [0, 0.1) is 0 Å². The van der Waals surface area contributed by atoms with E-state index in [-0.39, 0.29) is 19.0 Å². The number of carbonyl (C=O) groups excluding carboxylic acids is 1. The van der Waals surface area contributed by atoms with E-state index in [9.17, 15) is 9.59 Å². The maximum absolute atomic E-state index is 12.4. The largest absolute Gasteiger partial charge is 0.465 e. The van der Waals surface area contributed by atoms with Crippen LogP contribution < -0.4 is 10.6 Å². The molecule has 2 rings (SSSR count). The van der Waals surface area contributed by atoms with Gasteiger partial charge in [0.25, 0.3) is 5.91 Å². The Kier molecular flexibility index (Phi) is 8.49. The first kappa shape index (κ1) is 20.6. The van der Waals surface area contributed by atoms with Gasteiger partial charge in [0, 0.05) is 13.7 Å². The first-order chi connectivity index (χ1) is 13.1. The zero-order chi connectivity index (χ0) is 19.5. The van der Waals surface area contributed by atoms with Crippen molar-refractivity contribution in [2.75, 3.05) is 46.7 Å². The van der Waals surface area contributed by atoms with E-state index in [2.05, 4.69) is 20.6 Å². The van der Waals surface area contributed by atoms with Crippen LogP contribution in [0.1, 0.15) is 11.9 Å². The summed E-state index contributed by atoms with van der Waals surface area (Å²) in [5.74, 6) is -0.292. The van der Waals surface area contributed by atoms with Crippen molar-refractivity contribution in [1.82, 2.24) is 20.6 Å². The standard InChI is InChI=1S/C17H24N4O6/c1-25-8-9-27-11-10-26-7-6-18-16(22)14(21-17(23)24)15-19-12-4-2-3-5-13(12)20-15/h2-5,14,21H,6-11H2,1H3,(H,18,22)(H,19,20)(H,23,24). The van der Waals surface area contributed by atoms with Crippen LogP contribution in [0.5, 0.6) is 0 Å². The summed E-state index contributed by atoms with van der Waals surface area (Å²) in [6.45, 7) is 2.35. The van der Waals surface area contributed by atoms with Crippen molar-refractivity contribution in [3.05, 3.63) is 30.1 Å². The van der Waals surface area contributed by atoms with Crippen molar-refractivity contribution in [3.63, 3.8) is 0 Å². The van der Waals surface area contributed by atoms with E-state index in [0.29, 0.717) is 37.5 Å². The van der Waals surface area contributed by atoms with E-state index >= 15 is 0 Å². The van der Waals surface area contributed by atoms with Gasteiger partial charge in [0.2, 0.25) is 0 Å². The number of carboxylic acid groups (broad SMARTS) is 1. The summed E-state index contributed by atoms with van der Waals surface area (Å²) in [7, 11) is 1.60. The van der Waals surface area contributed by atoms with Gasteiger partial charge in [0.05, 0.1) is 44.1 Å². The Balaban J connectivity index is 1.80. The molecule has 0 bridgehead atoms. The van der Waals surface area contributed by atoms with Crippen LogP contribution in [0.15, 0.2) is 24.3 Å². The minimum Gasteiger partial charge on any atom is -0.465 e. The number of ether oxygens (including phenoxy) is 3. The highest BCUT2D eigenvalue weighted by Gasteiger charge is 2.25. The smallest absolute Gasteiger partial charge is 0.405 e. The van der Waals surface area contributed by atoms with Crippen molar-refractivity contribution in [2.24, 2.45) is 0 Å². The summed E-state index contributed by atoms with van der Waals surface area (Å²) < 4.78 is 15.4. The van der Waals surface area contributed by atoms with Crippen LogP contribution in [-0.2, 0) is 19.0 Å². The predicted molar refractivity (Wildman–Crippen MR) is 96.5 cm³/mol. The summed E-state index contributed by atoms with van der Waals surface area (Å²) in [5.41, 5.74) is 1.36. The Morgan fingerprint density at radius 2 is 1.85 bits per heavy atom. The fourth-order valence-corrected chi connectivity index (χ4v) is 2.30. The molecule has 0 aliphatic rings. The number of aromatic amines is 1. The molecule has 0 saturated carbocycles. The highest BCUT2D eigenvalue weighted by atomic mass is 16.5. The van der Waals surface area contributed by atoms with E-state index in [1.54, 1.807) is 19.2 Å². The molecular formula is C17H24N4O6. The fourth-order valence-electron chi connectivity index (χ4n) is 2.30. The third-order valence-electron chi connectivity index (χ3n) is 3.56. The lowest BCUT2D eigenvalue weighted by Gasteiger charge is -2.14. The van der Waals surface area contributed by atoms with Crippen LogP contribution in [-0.4, -0.2) is 73.8 Å². The number of methoxy groups -OCH3 is 1. The minimum atomic E-state index is -1.32. The Morgan fingerprint density at radius 1 is 1.15 bits per heavy atom. The number of rotatable bonds is 12. The second-order valence-electron chi connectivity index (χ2n) is 5.53. The first-order valence-corrected chi connectivity index (χ1v) is 8.48. The Labute approximate surface area is 156 Å². The lowest BCUT2D eigenvalue weighted by Crippen LogP contribution is -2.41. The molecule has 2 aromatic rings. The maximum Gasteiger partial charge on any atom is 0.405 e. The second-order valence-corrected chi connectivity index (χ2v) is 5.53. The quantitative estimate of drug-likeness (QED) is 0.397. The fraction of sp³-hybridized carbons (Fsp3) is 0.471. The summed E-state index contributed by atoms with van der Waals surface area (Å²) in [4.78, 5) is 30.7. The number of hydrogen-bond acceptors (Lipinski definition) is 6. The average molecular weight is 380 g/mol. The number of benzene rings is 1. The highest BCUT2D eigenvalue weighted by Crippen LogP contribution is 2.16. The van der Waals surface area contributed by atoms with Crippen molar-refractivity contribution in [1.29, 1.82) is 0 Å². The van der Waals surface area contributed by atoms with Crippen LogP contribution in [0.25, 0.3) is 11.0 Å². The average Bonchev–Trinajstić information content (AvgIpc) is 3.08. The molecule has 0 radical (unpaired) electrons. The normalized spacial score (nSPS) is 12.0. The summed E-state index contributed by atoms with van der Waals surface area (Å²) in [5, 5.41) is 13.8. The number of amides is 2. The van der Waals surface area contributed by atoms with E-state index in [1.165, 1.54) is 0 Å². The second kappa shape index (κ2) is 11.1. The molecular weight excluding hydrogens is 356 g/mol. The van der Waals surface area contributed by atoms with Crippen molar-refractivity contribution in [3.8, 4) is 0 Å². The van der Waals surface area contributed by atoms with Gasteiger partial charge in [-0.2, -0.15) is 0 Å². The molecule has 1 aromatic carbocycles. The molecule has 10 nitrogen and oxygen atoms in total. The van der Waals surface area contributed by atoms with Gasteiger partial charge in [-0.05, 0) is 12.1 Å². The van der Waals surface area contributed by atoms with Gasteiger partial charge in [-0.3, -0.25) is 4.79 Å². The summed E-state index contributed by atoms with van der Waals surface area (Å²) >= 11 is 0. The molecule has 1 unspecified atom stereocenters. The number of imidazole rings is 1. The number of aromatic nitrogens is 2. The Hall–Kier alpha value is -2.69.